The Morgan fingerprint density at radius 2 is 1.74 bits per heavy atom. The van der Waals surface area contributed by atoms with Crippen molar-refractivity contribution in [3.05, 3.63) is 23.7 Å². The molecule has 0 bridgehead atoms. The van der Waals surface area contributed by atoms with Crippen LogP contribution in [0.25, 0.3) is 0 Å². The van der Waals surface area contributed by atoms with E-state index in [0.29, 0.717) is 12.3 Å². The van der Waals surface area contributed by atoms with E-state index in [1.54, 1.807) is 12.3 Å². The van der Waals surface area contributed by atoms with Crippen LogP contribution in [0.4, 0.5) is 0 Å². The second-order valence-corrected chi connectivity index (χ2v) is 8.73. The van der Waals surface area contributed by atoms with E-state index < -0.39 is 0 Å². The van der Waals surface area contributed by atoms with Crippen LogP contribution in [0.3, 0.4) is 0 Å². The van der Waals surface area contributed by atoms with Crippen molar-refractivity contribution in [3.63, 3.8) is 0 Å². The molecule has 0 aromatic carbocycles. The Labute approximate surface area is 204 Å². The quantitative estimate of drug-likeness (QED) is 0.201. The van der Waals surface area contributed by atoms with Gasteiger partial charge in [-0.2, -0.15) is 0 Å². The van der Waals surface area contributed by atoms with E-state index in [-0.39, 0.29) is 35.4 Å². The third-order valence-electron chi connectivity index (χ3n) is 6.62. The Morgan fingerprint density at radius 1 is 1.06 bits per heavy atom. The van der Waals surface area contributed by atoms with E-state index in [4.69, 9.17) is 4.42 Å². The molecule has 8 heteroatoms. The fraction of sp³-hybridized carbons (Fsp3) is 0.739. The van der Waals surface area contributed by atoms with Crippen LogP contribution in [0.15, 0.2) is 21.7 Å². The lowest BCUT2D eigenvalue weighted by molar-refractivity contribution is 0.0368. The number of furan rings is 1. The summed E-state index contributed by atoms with van der Waals surface area (Å²) in [6.45, 7) is 6.67. The zero-order valence-corrected chi connectivity index (χ0v) is 21.5. The van der Waals surface area contributed by atoms with Crippen LogP contribution in [0.1, 0.15) is 73.9 Å². The van der Waals surface area contributed by atoms with Gasteiger partial charge in [-0.1, -0.05) is 25.7 Å². The number of amides is 1. The van der Waals surface area contributed by atoms with E-state index in [0.717, 1.165) is 31.0 Å². The average molecular weight is 546 g/mol. The lowest BCUT2D eigenvalue weighted by atomic mass is 9.79. The normalized spacial score (nSPS) is 19.4. The Balaban J connectivity index is 0.00000341. The first-order chi connectivity index (χ1) is 14.6. The molecule has 1 aliphatic carbocycles. The molecule has 1 saturated heterocycles. The van der Waals surface area contributed by atoms with Crippen molar-refractivity contribution < 1.29 is 9.21 Å². The minimum atomic E-state index is -0.152. The van der Waals surface area contributed by atoms with E-state index in [2.05, 4.69) is 25.8 Å². The summed E-state index contributed by atoms with van der Waals surface area (Å²) < 4.78 is 5.23. The molecule has 3 rings (SSSR count). The average Bonchev–Trinajstić information content (AvgIpc) is 3.22. The summed E-state index contributed by atoms with van der Waals surface area (Å²) in [6.07, 6.45) is 13.0. The summed E-state index contributed by atoms with van der Waals surface area (Å²) in [5.74, 6) is 1.10. The fourth-order valence-electron chi connectivity index (χ4n) is 4.83. The number of likely N-dealkylation sites (tertiary alicyclic amines) is 1. The van der Waals surface area contributed by atoms with Gasteiger partial charge in [0.05, 0.1) is 6.26 Å². The van der Waals surface area contributed by atoms with Gasteiger partial charge in [-0.25, -0.2) is 0 Å². The minimum absolute atomic E-state index is 0. The van der Waals surface area contributed by atoms with Crippen molar-refractivity contribution in [1.29, 1.82) is 0 Å². The van der Waals surface area contributed by atoms with E-state index in [1.807, 2.05) is 14.0 Å². The highest BCUT2D eigenvalue weighted by molar-refractivity contribution is 14.0. The number of guanidine groups is 1. The predicted octanol–water partition coefficient (Wildman–Crippen LogP) is 3.68. The molecule has 0 unspecified atom stereocenters. The SMILES string of the molecule is CN=C(NCCCNC(=O)c1occc1C)NCC1(N2CCCCC2)CCCCC1.I. The first kappa shape index (κ1) is 26.0. The first-order valence-corrected chi connectivity index (χ1v) is 11.7. The molecular formula is C23H40IN5O2. The van der Waals surface area contributed by atoms with Crippen molar-refractivity contribution in [2.75, 3.05) is 39.8 Å². The summed E-state index contributed by atoms with van der Waals surface area (Å²) in [5.41, 5.74) is 1.14. The van der Waals surface area contributed by atoms with Gasteiger partial charge in [-0.15, -0.1) is 24.0 Å². The van der Waals surface area contributed by atoms with Gasteiger partial charge in [0, 0.05) is 37.8 Å². The Morgan fingerprint density at radius 3 is 2.39 bits per heavy atom. The summed E-state index contributed by atoms with van der Waals surface area (Å²) in [5, 5.41) is 9.91. The van der Waals surface area contributed by atoms with Crippen molar-refractivity contribution in [1.82, 2.24) is 20.9 Å². The highest BCUT2D eigenvalue weighted by Gasteiger charge is 2.38. The lowest BCUT2D eigenvalue weighted by Gasteiger charge is -2.48. The van der Waals surface area contributed by atoms with Crippen LogP contribution in [0.5, 0.6) is 0 Å². The zero-order chi connectivity index (χ0) is 21.2. The molecule has 0 atom stereocenters. The van der Waals surface area contributed by atoms with Crippen LogP contribution >= 0.6 is 24.0 Å². The number of aryl methyl sites for hydroxylation is 1. The van der Waals surface area contributed by atoms with Gasteiger partial charge < -0.3 is 20.4 Å². The van der Waals surface area contributed by atoms with Gasteiger partial charge in [0.25, 0.3) is 5.91 Å². The topological polar surface area (TPSA) is 81.9 Å². The summed E-state index contributed by atoms with van der Waals surface area (Å²) in [7, 11) is 1.82. The van der Waals surface area contributed by atoms with Gasteiger partial charge >= 0.3 is 0 Å². The number of rotatable bonds is 8. The molecule has 1 aliphatic heterocycles. The zero-order valence-electron chi connectivity index (χ0n) is 19.2. The molecule has 1 aromatic heterocycles. The number of halogens is 1. The maximum absolute atomic E-state index is 12.1. The maximum atomic E-state index is 12.1. The molecule has 1 amide bonds. The number of hydrogen-bond acceptors (Lipinski definition) is 4. The molecule has 2 aliphatic rings. The van der Waals surface area contributed by atoms with Crippen LogP contribution in [0.2, 0.25) is 0 Å². The highest BCUT2D eigenvalue weighted by Crippen LogP contribution is 2.35. The third-order valence-corrected chi connectivity index (χ3v) is 6.62. The first-order valence-electron chi connectivity index (χ1n) is 11.7. The number of hydrogen-bond donors (Lipinski definition) is 3. The van der Waals surface area contributed by atoms with Crippen LogP contribution < -0.4 is 16.0 Å². The molecule has 1 saturated carbocycles. The molecule has 7 nitrogen and oxygen atoms in total. The smallest absolute Gasteiger partial charge is 0.287 e. The number of carbonyl (C=O) groups is 1. The van der Waals surface area contributed by atoms with Gasteiger partial charge in [0.2, 0.25) is 0 Å². The van der Waals surface area contributed by atoms with Gasteiger partial charge in [0.15, 0.2) is 11.7 Å². The highest BCUT2D eigenvalue weighted by atomic mass is 127. The fourth-order valence-corrected chi connectivity index (χ4v) is 4.83. The molecule has 31 heavy (non-hydrogen) atoms. The van der Waals surface area contributed by atoms with E-state index in [1.165, 1.54) is 64.5 Å². The van der Waals surface area contributed by atoms with Crippen molar-refractivity contribution in [2.45, 2.75) is 70.3 Å². The Bertz CT molecular complexity index is 694. The molecule has 176 valence electrons. The van der Waals surface area contributed by atoms with Crippen LogP contribution in [-0.4, -0.2) is 62.1 Å². The van der Waals surface area contributed by atoms with Crippen molar-refractivity contribution >= 4 is 35.8 Å². The number of nitrogens with zero attached hydrogens (tertiary/aromatic N) is 2. The van der Waals surface area contributed by atoms with Gasteiger partial charge in [0.1, 0.15) is 0 Å². The van der Waals surface area contributed by atoms with Crippen LogP contribution in [-0.2, 0) is 0 Å². The molecule has 2 fully saturated rings. The Hall–Kier alpha value is -1.29. The third kappa shape index (κ3) is 7.37. The molecule has 0 spiro atoms. The predicted molar refractivity (Wildman–Crippen MR) is 136 cm³/mol. The molecule has 0 radical (unpaired) electrons. The summed E-state index contributed by atoms with van der Waals surface area (Å²) in [4.78, 5) is 19.2. The minimum Gasteiger partial charge on any atom is -0.459 e. The second kappa shape index (κ2) is 13.3. The lowest BCUT2D eigenvalue weighted by Crippen LogP contribution is -2.59. The second-order valence-electron chi connectivity index (χ2n) is 8.73. The molecule has 3 N–H and O–H groups in total. The van der Waals surface area contributed by atoms with E-state index in [9.17, 15) is 4.79 Å². The van der Waals surface area contributed by atoms with E-state index >= 15 is 0 Å². The van der Waals surface area contributed by atoms with Gasteiger partial charge in [-0.05, 0) is 58.2 Å². The maximum Gasteiger partial charge on any atom is 0.287 e. The summed E-state index contributed by atoms with van der Waals surface area (Å²) in [6, 6.07) is 1.80. The van der Waals surface area contributed by atoms with Gasteiger partial charge in [-0.3, -0.25) is 14.7 Å². The molecule has 1 aromatic rings. The van der Waals surface area contributed by atoms with Crippen molar-refractivity contribution in [3.8, 4) is 0 Å². The molecule has 2 heterocycles. The standard InChI is InChI=1S/C23H39N5O2.HI/c1-19-10-17-30-20(19)21(29)25-13-9-14-26-22(24-2)27-18-23(11-5-3-6-12-23)28-15-7-4-8-16-28;/h10,17H,3-9,11-16,18H2,1-2H3,(H,25,29)(H2,24,26,27);1H. The number of nitrogens with one attached hydrogen (secondary N) is 3. The largest absolute Gasteiger partial charge is 0.459 e. The Kier molecular flexibility index (Phi) is 11.1. The summed E-state index contributed by atoms with van der Waals surface area (Å²) >= 11 is 0. The molecular weight excluding hydrogens is 505 g/mol. The number of carbonyl (C=O) groups excluding carboxylic acids is 1. The number of aliphatic imine (C=N–C) groups is 1. The van der Waals surface area contributed by atoms with Crippen LogP contribution in [0, 0.1) is 6.92 Å². The van der Waals surface area contributed by atoms with Crippen molar-refractivity contribution in [2.24, 2.45) is 4.99 Å². The monoisotopic (exact) mass is 545 g/mol. The number of piperidine rings is 1.